The first-order valence-electron chi connectivity index (χ1n) is 10.9. The lowest BCUT2D eigenvalue weighted by molar-refractivity contribution is 0.00592. The van der Waals surface area contributed by atoms with E-state index in [9.17, 15) is 9.90 Å². The largest absolute Gasteiger partial charge is 0.444 e. The number of aromatic nitrogens is 3. The number of amides is 1. The van der Waals surface area contributed by atoms with Gasteiger partial charge in [0.15, 0.2) is 5.76 Å². The molecule has 3 aromatic rings. The monoisotopic (exact) mass is 448 g/mol. The quantitative estimate of drug-likeness (QED) is 0.609. The summed E-state index contributed by atoms with van der Waals surface area (Å²) in [5, 5.41) is 13.9. The lowest BCUT2D eigenvalue weighted by Gasteiger charge is -2.37. The van der Waals surface area contributed by atoms with Crippen LogP contribution < -0.4 is 0 Å². The highest BCUT2D eigenvalue weighted by Crippen LogP contribution is 2.23. The molecule has 1 aliphatic heterocycles. The number of nitrogens with zero attached hydrogens (tertiary/aromatic N) is 4. The SMILES string of the molecule is CC(O)c1nccn1Cc1cc(-c2ccc(C#CC3CN(C(=O)OC(C)(C)C)C3)cc2)on1. The Hall–Kier alpha value is -3.57. The van der Waals surface area contributed by atoms with Crippen molar-refractivity contribution in [3.05, 3.63) is 59.8 Å². The first kappa shape index (κ1) is 22.6. The van der Waals surface area contributed by atoms with Crippen LogP contribution in [0.1, 0.15) is 50.9 Å². The third kappa shape index (κ3) is 5.62. The minimum atomic E-state index is -0.652. The van der Waals surface area contributed by atoms with Crippen molar-refractivity contribution in [1.82, 2.24) is 19.6 Å². The molecule has 0 radical (unpaired) electrons. The fourth-order valence-corrected chi connectivity index (χ4v) is 3.47. The van der Waals surface area contributed by atoms with Crippen LogP contribution in [0, 0.1) is 17.8 Å². The van der Waals surface area contributed by atoms with Gasteiger partial charge in [0.05, 0.1) is 12.5 Å². The van der Waals surface area contributed by atoms with Gasteiger partial charge < -0.3 is 23.8 Å². The molecule has 1 aliphatic rings. The Kier molecular flexibility index (Phi) is 6.25. The molecule has 0 bridgehead atoms. The number of rotatable bonds is 4. The zero-order chi connectivity index (χ0) is 23.6. The van der Waals surface area contributed by atoms with Crippen molar-refractivity contribution in [2.45, 2.75) is 45.9 Å². The van der Waals surface area contributed by atoms with Crippen LogP contribution in [0.2, 0.25) is 0 Å². The van der Waals surface area contributed by atoms with E-state index in [4.69, 9.17) is 9.26 Å². The molecule has 1 unspecified atom stereocenters. The van der Waals surface area contributed by atoms with Crippen molar-refractivity contribution >= 4 is 6.09 Å². The van der Waals surface area contributed by atoms with Crippen molar-refractivity contribution in [2.75, 3.05) is 13.1 Å². The first-order chi connectivity index (χ1) is 15.7. The summed E-state index contributed by atoms with van der Waals surface area (Å²) in [5.41, 5.74) is 2.06. The van der Waals surface area contributed by atoms with Gasteiger partial charge in [0.2, 0.25) is 0 Å². The first-order valence-corrected chi connectivity index (χ1v) is 10.9. The highest BCUT2D eigenvalue weighted by Gasteiger charge is 2.32. The average molecular weight is 449 g/mol. The van der Waals surface area contributed by atoms with Crippen LogP contribution in [0.4, 0.5) is 4.79 Å². The Bertz CT molecular complexity index is 1170. The summed E-state index contributed by atoms with van der Waals surface area (Å²) in [5.74, 6) is 7.80. The normalized spacial score (nSPS) is 14.9. The van der Waals surface area contributed by atoms with Gasteiger partial charge in [0, 0.05) is 42.7 Å². The molecule has 3 heterocycles. The number of carbonyl (C=O) groups excluding carboxylic acids is 1. The van der Waals surface area contributed by atoms with Crippen LogP contribution in [-0.4, -0.2) is 49.5 Å². The van der Waals surface area contributed by atoms with Gasteiger partial charge in [-0.15, -0.1) is 0 Å². The van der Waals surface area contributed by atoms with Crippen molar-refractivity contribution in [2.24, 2.45) is 5.92 Å². The van der Waals surface area contributed by atoms with Crippen molar-refractivity contribution in [3.8, 4) is 23.2 Å². The second-order valence-corrected chi connectivity index (χ2v) is 9.20. The summed E-state index contributed by atoms with van der Waals surface area (Å²) in [7, 11) is 0. The van der Waals surface area contributed by atoms with E-state index in [1.165, 1.54) is 0 Å². The fourth-order valence-electron chi connectivity index (χ4n) is 3.47. The lowest BCUT2D eigenvalue weighted by atomic mass is 10.0. The number of likely N-dealkylation sites (tertiary alicyclic amines) is 1. The second-order valence-electron chi connectivity index (χ2n) is 9.20. The van der Waals surface area contributed by atoms with Gasteiger partial charge in [0.25, 0.3) is 0 Å². The molecule has 2 aromatic heterocycles. The molecule has 1 saturated heterocycles. The van der Waals surface area contributed by atoms with Gasteiger partial charge in [-0.25, -0.2) is 9.78 Å². The summed E-state index contributed by atoms with van der Waals surface area (Å²) in [6.07, 6.45) is 2.52. The third-order valence-corrected chi connectivity index (χ3v) is 5.14. The number of imidazole rings is 1. The molecule has 1 N–H and O–H groups in total. The van der Waals surface area contributed by atoms with E-state index >= 15 is 0 Å². The number of aliphatic hydroxyl groups excluding tert-OH is 1. The van der Waals surface area contributed by atoms with Crippen LogP contribution in [-0.2, 0) is 11.3 Å². The summed E-state index contributed by atoms with van der Waals surface area (Å²) >= 11 is 0. The molecule has 1 fully saturated rings. The van der Waals surface area contributed by atoms with Gasteiger partial charge in [0.1, 0.15) is 23.2 Å². The number of carbonyl (C=O) groups is 1. The average Bonchev–Trinajstić information content (AvgIpc) is 3.36. The van der Waals surface area contributed by atoms with E-state index in [2.05, 4.69) is 22.0 Å². The zero-order valence-electron chi connectivity index (χ0n) is 19.3. The maximum absolute atomic E-state index is 12.0. The molecule has 1 aromatic carbocycles. The minimum absolute atomic E-state index is 0.156. The van der Waals surface area contributed by atoms with Crippen LogP contribution in [0.25, 0.3) is 11.3 Å². The topological polar surface area (TPSA) is 93.6 Å². The lowest BCUT2D eigenvalue weighted by Crippen LogP contribution is -2.51. The molecule has 1 amide bonds. The fraction of sp³-hybridized carbons (Fsp3) is 0.400. The van der Waals surface area contributed by atoms with Crippen LogP contribution in [0.15, 0.2) is 47.2 Å². The highest BCUT2D eigenvalue weighted by molar-refractivity contribution is 5.69. The number of benzene rings is 1. The smallest absolute Gasteiger partial charge is 0.410 e. The second kappa shape index (κ2) is 9.12. The summed E-state index contributed by atoms with van der Waals surface area (Å²) in [4.78, 5) is 17.8. The zero-order valence-corrected chi connectivity index (χ0v) is 19.3. The Morgan fingerprint density at radius 3 is 2.70 bits per heavy atom. The highest BCUT2D eigenvalue weighted by atomic mass is 16.6. The van der Waals surface area contributed by atoms with E-state index in [1.54, 1.807) is 24.2 Å². The van der Waals surface area contributed by atoms with Gasteiger partial charge in [-0.05, 0) is 52.0 Å². The molecule has 0 aliphatic carbocycles. The van der Waals surface area contributed by atoms with E-state index in [1.807, 2.05) is 55.7 Å². The van der Waals surface area contributed by atoms with Crippen molar-refractivity contribution < 1.29 is 19.2 Å². The van der Waals surface area contributed by atoms with Crippen LogP contribution in [0.5, 0.6) is 0 Å². The van der Waals surface area contributed by atoms with Crippen LogP contribution >= 0.6 is 0 Å². The molecule has 172 valence electrons. The number of ether oxygens (including phenoxy) is 1. The van der Waals surface area contributed by atoms with Gasteiger partial charge in [-0.2, -0.15) is 0 Å². The molecule has 4 rings (SSSR count). The summed E-state index contributed by atoms with van der Waals surface area (Å²) in [6, 6.07) is 9.65. The molecule has 0 saturated carbocycles. The predicted molar refractivity (Wildman–Crippen MR) is 122 cm³/mol. The molecule has 8 heteroatoms. The van der Waals surface area contributed by atoms with E-state index in [0.29, 0.717) is 31.2 Å². The summed E-state index contributed by atoms with van der Waals surface area (Å²) < 4.78 is 12.7. The Balaban J connectivity index is 1.33. The van der Waals surface area contributed by atoms with Gasteiger partial charge in [-0.1, -0.05) is 17.0 Å². The Morgan fingerprint density at radius 2 is 2.03 bits per heavy atom. The minimum Gasteiger partial charge on any atom is -0.444 e. The third-order valence-electron chi connectivity index (χ3n) is 5.14. The van der Waals surface area contributed by atoms with Crippen LogP contribution in [0.3, 0.4) is 0 Å². The standard InChI is InChI=1S/C25H28N4O4/c1-17(30)23-26-11-12-28(23)16-21-13-22(33-27-21)20-9-7-18(8-10-20)5-6-19-14-29(15-19)24(31)32-25(2,3)4/h7-13,17,19,30H,14-16H2,1-4H3. The molecule has 8 nitrogen and oxygen atoms in total. The summed E-state index contributed by atoms with van der Waals surface area (Å²) in [6.45, 7) is 8.91. The molecule has 1 atom stereocenters. The maximum atomic E-state index is 12.0. The van der Waals surface area contributed by atoms with Gasteiger partial charge in [-0.3, -0.25) is 0 Å². The van der Waals surface area contributed by atoms with E-state index in [0.717, 1.165) is 16.8 Å². The molecule has 0 spiro atoms. The molecular weight excluding hydrogens is 420 g/mol. The number of hydrogen-bond acceptors (Lipinski definition) is 6. The molecular formula is C25H28N4O4. The predicted octanol–water partition coefficient (Wildman–Crippen LogP) is 3.86. The van der Waals surface area contributed by atoms with Crippen molar-refractivity contribution in [3.63, 3.8) is 0 Å². The Labute approximate surface area is 193 Å². The maximum Gasteiger partial charge on any atom is 0.410 e. The molecule has 33 heavy (non-hydrogen) atoms. The van der Waals surface area contributed by atoms with E-state index < -0.39 is 11.7 Å². The van der Waals surface area contributed by atoms with E-state index in [-0.39, 0.29) is 12.0 Å². The number of hydrogen-bond donors (Lipinski definition) is 1. The Morgan fingerprint density at radius 1 is 1.30 bits per heavy atom. The van der Waals surface area contributed by atoms with Crippen molar-refractivity contribution in [1.29, 1.82) is 0 Å². The number of aliphatic hydroxyl groups is 1. The van der Waals surface area contributed by atoms with Gasteiger partial charge >= 0.3 is 6.09 Å².